The molecule has 0 amide bonds. The van der Waals surface area contributed by atoms with E-state index in [2.05, 4.69) is 30.9 Å². The van der Waals surface area contributed by atoms with Gasteiger partial charge in [-0.05, 0) is 0 Å². The predicted octanol–water partition coefficient (Wildman–Crippen LogP) is 0.523. The molecular formula is C18H22AsN7. The number of piperidine rings is 1. The van der Waals surface area contributed by atoms with Crippen LogP contribution in [0.2, 0.25) is 0 Å². The van der Waals surface area contributed by atoms with Gasteiger partial charge in [-0.25, -0.2) is 0 Å². The van der Waals surface area contributed by atoms with Crippen molar-refractivity contribution in [1.29, 1.82) is 0 Å². The van der Waals surface area contributed by atoms with Crippen molar-refractivity contribution in [2.45, 2.75) is 18.8 Å². The molecular weight excluding hydrogens is 389 g/mol. The van der Waals surface area contributed by atoms with Gasteiger partial charge in [-0.1, -0.05) is 0 Å². The van der Waals surface area contributed by atoms with Crippen LogP contribution in [0.1, 0.15) is 24.5 Å². The van der Waals surface area contributed by atoms with E-state index in [0.717, 1.165) is 58.8 Å². The molecule has 1 fully saturated rings. The number of nitrogens with zero attached hydrogens (tertiary/aromatic N) is 7. The summed E-state index contributed by atoms with van der Waals surface area (Å²) >= 11 is 1.48. The third-order valence-corrected chi connectivity index (χ3v) is 5.64. The number of hydrogen-bond acceptors (Lipinski definition) is 7. The van der Waals surface area contributed by atoms with Crippen molar-refractivity contribution in [1.82, 2.24) is 24.9 Å². The summed E-state index contributed by atoms with van der Waals surface area (Å²) < 4.78 is 0.974. The van der Waals surface area contributed by atoms with Crippen LogP contribution in [0.3, 0.4) is 0 Å². The molecule has 7 nitrogen and oxygen atoms in total. The predicted molar refractivity (Wildman–Crippen MR) is 106 cm³/mol. The molecule has 0 radical (unpaired) electrons. The molecule has 0 N–H and O–H groups in total. The fraction of sp³-hybridized carbons (Fsp3) is 0.389. The third-order valence-electron chi connectivity index (χ3n) is 4.76. The van der Waals surface area contributed by atoms with E-state index in [0.29, 0.717) is 5.92 Å². The summed E-state index contributed by atoms with van der Waals surface area (Å²) in [7, 11) is 4.03. The topological polar surface area (TPSA) is 70.9 Å². The van der Waals surface area contributed by atoms with Gasteiger partial charge in [0.1, 0.15) is 0 Å². The summed E-state index contributed by atoms with van der Waals surface area (Å²) in [5.74, 6) is 2.30. The maximum atomic E-state index is 4.85. The third kappa shape index (κ3) is 3.23. The molecule has 4 rings (SSSR count). The van der Waals surface area contributed by atoms with Gasteiger partial charge in [-0.3, -0.25) is 0 Å². The van der Waals surface area contributed by atoms with Crippen molar-refractivity contribution in [3.63, 3.8) is 0 Å². The summed E-state index contributed by atoms with van der Waals surface area (Å²) in [6.45, 7) is 1.90. The second-order valence-electron chi connectivity index (χ2n) is 6.74. The van der Waals surface area contributed by atoms with Gasteiger partial charge in [0.2, 0.25) is 0 Å². The molecule has 0 aliphatic carbocycles. The van der Waals surface area contributed by atoms with Crippen LogP contribution in [0.25, 0.3) is 11.0 Å². The Hall–Kier alpha value is -2.27. The number of anilines is 2. The summed E-state index contributed by atoms with van der Waals surface area (Å²) in [5, 5.41) is 0. The number of hydrogen-bond donors (Lipinski definition) is 0. The molecule has 3 aromatic heterocycles. The monoisotopic (exact) mass is 411 g/mol. The summed E-state index contributed by atoms with van der Waals surface area (Å²) in [5.41, 5.74) is 2.88. The van der Waals surface area contributed by atoms with Gasteiger partial charge < -0.3 is 0 Å². The molecule has 3 aromatic rings. The van der Waals surface area contributed by atoms with Crippen molar-refractivity contribution >= 4 is 44.0 Å². The Morgan fingerprint density at radius 1 is 1.12 bits per heavy atom. The van der Waals surface area contributed by atoms with E-state index in [1.165, 1.54) is 16.9 Å². The van der Waals surface area contributed by atoms with Crippen LogP contribution in [0.5, 0.6) is 0 Å². The van der Waals surface area contributed by atoms with Crippen LogP contribution in [0, 0.1) is 0 Å². The van der Waals surface area contributed by atoms with E-state index in [1.54, 1.807) is 18.7 Å². The van der Waals surface area contributed by atoms with E-state index in [1.807, 2.05) is 25.1 Å². The van der Waals surface area contributed by atoms with E-state index in [9.17, 15) is 0 Å². The first-order valence-corrected chi connectivity index (χ1v) is 9.95. The molecule has 1 aliphatic heterocycles. The first-order chi connectivity index (χ1) is 12.6. The molecule has 2 unspecified atom stereocenters. The molecule has 0 bridgehead atoms. The SMILES string of the molecule is CN(C)c1nccnc1C1CCCN(c2ccc3ncnc([AsH2])c3n2)C1. The fourth-order valence-corrected chi connectivity index (χ4v) is 4.09. The van der Waals surface area contributed by atoms with Gasteiger partial charge in [0.25, 0.3) is 0 Å². The van der Waals surface area contributed by atoms with Gasteiger partial charge in [-0.2, -0.15) is 0 Å². The van der Waals surface area contributed by atoms with Crippen molar-refractivity contribution in [3.05, 3.63) is 36.5 Å². The first-order valence-electron chi connectivity index (χ1n) is 8.74. The minimum absolute atomic E-state index is 0.352. The van der Waals surface area contributed by atoms with E-state index < -0.39 is 0 Å². The Morgan fingerprint density at radius 2 is 1.96 bits per heavy atom. The Balaban J connectivity index is 1.64. The van der Waals surface area contributed by atoms with Crippen LogP contribution in [-0.2, 0) is 0 Å². The maximum absolute atomic E-state index is 4.85. The zero-order valence-corrected chi connectivity index (χ0v) is 17.4. The first kappa shape index (κ1) is 17.2. The number of pyridine rings is 1. The van der Waals surface area contributed by atoms with Crippen LogP contribution >= 0.6 is 0 Å². The molecule has 2 atom stereocenters. The summed E-state index contributed by atoms with van der Waals surface area (Å²) in [6, 6.07) is 4.10. The Labute approximate surface area is 161 Å². The van der Waals surface area contributed by atoms with Gasteiger partial charge in [-0.15, -0.1) is 0 Å². The zero-order chi connectivity index (χ0) is 18.1. The number of aromatic nitrogens is 5. The average molecular weight is 411 g/mol. The normalized spacial score (nSPS) is 17.5. The molecule has 8 heteroatoms. The Morgan fingerprint density at radius 3 is 2.81 bits per heavy atom. The minimum atomic E-state index is 0.352. The second kappa shape index (κ2) is 7.15. The van der Waals surface area contributed by atoms with Crippen LogP contribution < -0.4 is 14.3 Å². The molecule has 134 valence electrons. The van der Waals surface area contributed by atoms with Gasteiger partial charge in [0, 0.05) is 0 Å². The van der Waals surface area contributed by atoms with Gasteiger partial charge in [0.05, 0.1) is 0 Å². The van der Waals surface area contributed by atoms with E-state index >= 15 is 0 Å². The van der Waals surface area contributed by atoms with Crippen LogP contribution in [0.15, 0.2) is 30.9 Å². The van der Waals surface area contributed by atoms with Gasteiger partial charge in [0.15, 0.2) is 0 Å². The van der Waals surface area contributed by atoms with Crippen molar-refractivity contribution in [2.24, 2.45) is 0 Å². The zero-order valence-electron chi connectivity index (χ0n) is 15.0. The summed E-state index contributed by atoms with van der Waals surface area (Å²) in [6.07, 6.45) is 7.39. The molecule has 0 aromatic carbocycles. The standard InChI is InChI=1S/C18H22AsN7/c1-25(2)18-15(20-7-8-21-18)12-4-3-9-26(10-12)14-6-5-13-16(24-14)17(19)23-11-22-13/h5-8,11-12H,3-4,9-10,19H2,1-2H3. The Bertz CT molecular complexity index is 930. The summed E-state index contributed by atoms with van der Waals surface area (Å²) in [4.78, 5) is 27.0. The molecule has 0 saturated carbocycles. The fourth-order valence-electron chi connectivity index (χ4n) is 3.51. The molecule has 0 spiro atoms. The second-order valence-corrected chi connectivity index (χ2v) is 7.89. The molecule has 1 aliphatic rings. The quantitative estimate of drug-likeness (QED) is 0.582. The average Bonchev–Trinajstić information content (AvgIpc) is 2.68. The van der Waals surface area contributed by atoms with E-state index in [4.69, 9.17) is 4.98 Å². The van der Waals surface area contributed by atoms with Crippen molar-refractivity contribution in [3.8, 4) is 0 Å². The number of fused-ring (bicyclic) bond motifs is 1. The van der Waals surface area contributed by atoms with Crippen molar-refractivity contribution in [2.75, 3.05) is 37.0 Å². The van der Waals surface area contributed by atoms with Gasteiger partial charge >= 0.3 is 161 Å². The molecule has 4 heterocycles. The Kier molecular flexibility index (Phi) is 4.72. The van der Waals surface area contributed by atoms with Crippen molar-refractivity contribution < 1.29 is 0 Å². The van der Waals surface area contributed by atoms with Crippen LogP contribution in [-0.4, -0.2) is 69.0 Å². The molecule has 26 heavy (non-hydrogen) atoms. The van der Waals surface area contributed by atoms with E-state index in [-0.39, 0.29) is 0 Å². The molecule has 1 saturated heterocycles. The van der Waals surface area contributed by atoms with Crippen LogP contribution in [0.4, 0.5) is 11.6 Å². The number of rotatable bonds is 3.